The monoisotopic (exact) mass is 235 g/mol. The van der Waals surface area contributed by atoms with Crippen LogP contribution in [0.15, 0.2) is 0 Å². The van der Waals surface area contributed by atoms with Crippen LogP contribution in [0.4, 0.5) is 0 Å². The van der Waals surface area contributed by atoms with Crippen molar-refractivity contribution in [3.05, 3.63) is 15.6 Å². The van der Waals surface area contributed by atoms with Crippen molar-refractivity contribution in [2.75, 3.05) is 13.1 Å². The molecule has 86 valence electrons. The molecule has 2 rings (SSSR count). The molecular weight excluding hydrogens is 218 g/mol. The molecule has 1 atom stereocenters. The molecule has 1 aliphatic rings. The Morgan fingerprint density at radius 1 is 1.56 bits per heavy atom. The molecule has 1 aromatic heterocycles. The molecule has 1 saturated heterocycles. The molecule has 0 aliphatic carbocycles. The number of rotatable bonds is 2. The van der Waals surface area contributed by atoms with Gasteiger partial charge in [0, 0.05) is 11.4 Å². The lowest BCUT2D eigenvalue weighted by Crippen LogP contribution is -2.34. The van der Waals surface area contributed by atoms with E-state index < -0.39 is 0 Å². The molecular formula is C12H17N3S. The zero-order chi connectivity index (χ0) is 11.5. The number of hydrogen-bond donors (Lipinski definition) is 0. The molecule has 16 heavy (non-hydrogen) atoms. The zero-order valence-electron chi connectivity index (χ0n) is 9.86. The number of likely N-dealkylation sites (tertiary alicyclic amines) is 1. The normalized spacial score (nSPS) is 21.9. The highest BCUT2D eigenvalue weighted by molar-refractivity contribution is 7.11. The standard InChI is InChI=1S/C12H17N3S/c1-9-10(2)16-12(14-9)8-15-5-3-4-11(6-13)7-15/h11H,3-5,7-8H2,1-2H3. The van der Waals surface area contributed by atoms with E-state index >= 15 is 0 Å². The first-order chi connectivity index (χ1) is 7.69. The molecule has 0 aromatic carbocycles. The molecule has 0 amide bonds. The van der Waals surface area contributed by atoms with E-state index in [0.717, 1.165) is 38.2 Å². The van der Waals surface area contributed by atoms with Crippen molar-refractivity contribution in [1.82, 2.24) is 9.88 Å². The van der Waals surface area contributed by atoms with E-state index in [0.29, 0.717) is 0 Å². The second kappa shape index (κ2) is 4.94. The van der Waals surface area contributed by atoms with Gasteiger partial charge in [0.2, 0.25) is 0 Å². The van der Waals surface area contributed by atoms with Gasteiger partial charge in [-0.15, -0.1) is 11.3 Å². The van der Waals surface area contributed by atoms with Crippen molar-refractivity contribution in [1.29, 1.82) is 5.26 Å². The lowest BCUT2D eigenvalue weighted by atomic mass is 10.00. The van der Waals surface area contributed by atoms with E-state index in [2.05, 4.69) is 29.8 Å². The van der Waals surface area contributed by atoms with Crippen LogP contribution in [0.5, 0.6) is 0 Å². The van der Waals surface area contributed by atoms with Crippen molar-refractivity contribution in [2.45, 2.75) is 33.2 Å². The van der Waals surface area contributed by atoms with E-state index in [-0.39, 0.29) is 5.92 Å². The van der Waals surface area contributed by atoms with Crippen LogP contribution < -0.4 is 0 Å². The summed E-state index contributed by atoms with van der Waals surface area (Å²) in [7, 11) is 0. The van der Waals surface area contributed by atoms with Crippen molar-refractivity contribution in [3.63, 3.8) is 0 Å². The molecule has 2 heterocycles. The average Bonchev–Trinajstić information content (AvgIpc) is 2.58. The summed E-state index contributed by atoms with van der Waals surface area (Å²) in [6, 6.07) is 2.38. The number of nitriles is 1. The van der Waals surface area contributed by atoms with Crippen molar-refractivity contribution < 1.29 is 0 Å². The van der Waals surface area contributed by atoms with E-state index in [1.165, 1.54) is 9.88 Å². The maximum atomic E-state index is 8.93. The number of aromatic nitrogens is 1. The highest BCUT2D eigenvalue weighted by Crippen LogP contribution is 2.21. The molecule has 1 unspecified atom stereocenters. The van der Waals surface area contributed by atoms with Crippen LogP contribution in [0.1, 0.15) is 28.4 Å². The highest BCUT2D eigenvalue weighted by atomic mass is 32.1. The Bertz CT molecular complexity index is 385. The van der Waals surface area contributed by atoms with Gasteiger partial charge in [-0.3, -0.25) is 4.90 Å². The van der Waals surface area contributed by atoms with Gasteiger partial charge in [-0.05, 0) is 33.2 Å². The summed E-state index contributed by atoms with van der Waals surface area (Å²) in [5.74, 6) is 0.218. The third-order valence-electron chi connectivity index (χ3n) is 3.12. The van der Waals surface area contributed by atoms with Crippen LogP contribution in [0, 0.1) is 31.1 Å². The topological polar surface area (TPSA) is 39.9 Å². The molecule has 4 heteroatoms. The van der Waals surface area contributed by atoms with Gasteiger partial charge in [0.15, 0.2) is 0 Å². The maximum absolute atomic E-state index is 8.93. The predicted octanol–water partition coefficient (Wildman–Crippen LogP) is 2.50. The molecule has 0 spiro atoms. The number of nitrogens with zero attached hydrogens (tertiary/aromatic N) is 3. The van der Waals surface area contributed by atoms with Gasteiger partial charge in [0.05, 0.1) is 24.2 Å². The number of piperidine rings is 1. The summed E-state index contributed by atoms with van der Waals surface area (Å²) < 4.78 is 0. The van der Waals surface area contributed by atoms with Gasteiger partial charge in [-0.1, -0.05) is 0 Å². The Kier molecular flexibility index (Phi) is 3.57. The summed E-state index contributed by atoms with van der Waals surface area (Å²) in [5, 5.41) is 10.1. The Labute approximate surface area is 101 Å². The van der Waals surface area contributed by atoms with E-state index in [1.807, 2.05) is 0 Å². The van der Waals surface area contributed by atoms with Crippen LogP contribution in [-0.4, -0.2) is 23.0 Å². The van der Waals surface area contributed by atoms with Gasteiger partial charge < -0.3 is 0 Å². The third-order valence-corrected chi connectivity index (χ3v) is 4.18. The average molecular weight is 235 g/mol. The summed E-state index contributed by atoms with van der Waals surface area (Å²) in [5.41, 5.74) is 1.15. The number of thiazole rings is 1. The van der Waals surface area contributed by atoms with Crippen molar-refractivity contribution in [3.8, 4) is 6.07 Å². The minimum absolute atomic E-state index is 0.218. The third kappa shape index (κ3) is 2.60. The summed E-state index contributed by atoms with van der Waals surface area (Å²) in [6.07, 6.45) is 2.20. The SMILES string of the molecule is Cc1nc(CN2CCCC(C#N)C2)sc1C. The summed E-state index contributed by atoms with van der Waals surface area (Å²) in [4.78, 5) is 8.21. The first kappa shape index (κ1) is 11.6. The lowest BCUT2D eigenvalue weighted by Gasteiger charge is -2.28. The second-order valence-electron chi connectivity index (χ2n) is 4.45. The first-order valence-electron chi connectivity index (χ1n) is 5.74. The quantitative estimate of drug-likeness (QED) is 0.790. The Hall–Kier alpha value is -0.920. The van der Waals surface area contributed by atoms with Crippen molar-refractivity contribution >= 4 is 11.3 Å². The van der Waals surface area contributed by atoms with Gasteiger partial charge >= 0.3 is 0 Å². The molecule has 0 bridgehead atoms. The Morgan fingerprint density at radius 3 is 3.00 bits per heavy atom. The van der Waals surface area contributed by atoms with E-state index in [4.69, 9.17) is 5.26 Å². The first-order valence-corrected chi connectivity index (χ1v) is 6.55. The predicted molar refractivity (Wildman–Crippen MR) is 65.2 cm³/mol. The second-order valence-corrected chi connectivity index (χ2v) is 5.74. The minimum Gasteiger partial charge on any atom is -0.295 e. The van der Waals surface area contributed by atoms with Crippen LogP contribution in [0.3, 0.4) is 0 Å². The van der Waals surface area contributed by atoms with E-state index in [1.54, 1.807) is 11.3 Å². The fourth-order valence-corrected chi connectivity index (χ4v) is 3.08. The smallest absolute Gasteiger partial charge is 0.107 e. The molecule has 1 fully saturated rings. The molecule has 1 aliphatic heterocycles. The molecule has 1 aromatic rings. The van der Waals surface area contributed by atoms with Gasteiger partial charge in [-0.25, -0.2) is 4.98 Å². The lowest BCUT2D eigenvalue weighted by molar-refractivity contribution is 0.192. The fourth-order valence-electron chi connectivity index (χ4n) is 2.10. The largest absolute Gasteiger partial charge is 0.295 e. The van der Waals surface area contributed by atoms with Crippen molar-refractivity contribution in [2.24, 2.45) is 5.92 Å². The van der Waals surface area contributed by atoms with E-state index in [9.17, 15) is 0 Å². The van der Waals surface area contributed by atoms with Crippen LogP contribution in [0.2, 0.25) is 0 Å². The van der Waals surface area contributed by atoms with Gasteiger partial charge in [-0.2, -0.15) is 5.26 Å². The van der Waals surface area contributed by atoms with Gasteiger partial charge in [0.1, 0.15) is 5.01 Å². The molecule has 0 N–H and O–H groups in total. The maximum Gasteiger partial charge on any atom is 0.107 e. The molecule has 0 saturated carbocycles. The number of hydrogen-bond acceptors (Lipinski definition) is 4. The summed E-state index contributed by atoms with van der Waals surface area (Å²) >= 11 is 1.78. The summed E-state index contributed by atoms with van der Waals surface area (Å²) in [6.45, 7) is 7.11. The van der Waals surface area contributed by atoms with Gasteiger partial charge in [0.25, 0.3) is 0 Å². The van der Waals surface area contributed by atoms with Crippen LogP contribution in [0.25, 0.3) is 0 Å². The zero-order valence-corrected chi connectivity index (χ0v) is 10.7. The molecule has 0 radical (unpaired) electrons. The fraction of sp³-hybridized carbons (Fsp3) is 0.667. The Balaban J connectivity index is 1.97. The highest BCUT2D eigenvalue weighted by Gasteiger charge is 2.20. The minimum atomic E-state index is 0.218. The molecule has 3 nitrogen and oxygen atoms in total. The van der Waals surface area contributed by atoms with Crippen LogP contribution >= 0.6 is 11.3 Å². The Morgan fingerprint density at radius 2 is 2.38 bits per heavy atom. The number of aryl methyl sites for hydroxylation is 2. The van der Waals surface area contributed by atoms with Crippen LogP contribution in [-0.2, 0) is 6.54 Å².